The second-order valence-corrected chi connectivity index (χ2v) is 6.17. The zero-order chi connectivity index (χ0) is 18.6. The monoisotopic (exact) mass is 355 g/mol. The van der Waals surface area contributed by atoms with Crippen LogP contribution in [-0.2, 0) is 16.0 Å². The van der Waals surface area contributed by atoms with Gasteiger partial charge < -0.3 is 25.0 Å². The lowest BCUT2D eigenvalue weighted by Gasteiger charge is -2.20. The number of nitrogens with one attached hydrogen (secondary N) is 2. The molecule has 0 spiro atoms. The molecule has 1 aliphatic rings. The van der Waals surface area contributed by atoms with E-state index in [1.165, 1.54) is 17.9 Å². The number of ether oxygens (including phenoxy) is 2. The molecule has 1 fully saturated rings. The summed E-state index contributed by atoms with van der Waals surface area (Å²) < 4.78 is 11.9. The zero-order valence-corrected chi connectivity index (χ0v) is 14.6. The molecule has 0 amide bonds. The van der Waals surface area contributed by atoms with Gasteiger partial charge in [0.1, 0.15) is 18.3 Å². The van der Waals surface area contributed by atoms with Crippen molar-refractivity contribution in [1.82, 2.24) is 14.9 Å². The predicted molar refractivity (Wildman–Crippen MR) is 90.3 cm³/mol. The van der Waals surface area contributed by atoms with Crippen LogP contribution in [0.25, 0.3) is 0 Å². The molecule has 4 N–H and O–H groups in total. The Labute approximate surface area is 144 Å². The number of hydrogen-bond donors (Lipinski definition) is 4. The third kappa shape index (κ3) is 4.44. The van der Waals surface area contributed by atoms with Gasteiger partial charge in [-0.3, -0.25) is 14.3 Å². The topological polar surface area (TPSA) is 126 Å². The van der Waals surface area contributed by atoms with Crippen LogP contribution < -0.4 is 16.6 Å². The van der Waals surface area contributed by atoms with E-state index in [0.717, 1.165) is 5.57 Å². The summed E-state index contributed by atoms with van der Waals surface area (Å²) in [6.07, 6.45) is -0.371. The van der Waals surface area contributed by atoms with Crippen LogP contribution in [0.4, 0.5) is 0 Å². The Bertz CT molecular complexity index is 721. The molecule has 0 aromatic carbocycles. The van der Waals surface area contributed by atoms with Crippen molar-refractivity contribution in [2.75, 3.05) is 20.3 Å². The molecular weight excluding hydrogens is 330 g/mol. The maximum absolute atomic E-state index is 12.2. The zero-order valence-electron chi connectivity index (χ0n) is 14.6. The van der Waals surface area contributed by atoms with Crippen LogP contribution in [0.15, 0.2) is 27.4 Å². The Morgan fingerprint density at radius 2 is 2.20 bits per heavy atom. The van der Waals surface area contributed by atoms with Crippen LogP contribution in [0, 0.1) is 0 Å². The van der Waals surface area contributed by atoms with E-state index in [9.17, 15) is 19.8 Å². The van der Waals surface area contributed by atoms with Gasteiger partial charge in [-0.15, -0.1) is 0 Å². The molecule has 2 heterocycles. The number of H-pyrrole nitrogens is 1. The first kappa shape index (κ1) is 19.5. The summed E-state index contributed by atoms with van der Waals surface area (Å²) in [6.45, 7) is 4.38. The molecule has 9 heteroatoms. The van der Waals surface area contributed by atoms with Gasteiger partial charge >= 0.3 is 5.69 Å². The number of methoxy groups -OCH3 is 1. The minimum Gasteiger partial charge on any atom is -0.394 e. The van der Waals surface area contributed by atoms with E-state index >= 15 is 0 Å². The Morgan fingerprint density at radius 3 is 2.80 bits per heavy atom. The highest BCUT2D eigenvalue weighted by molar-refractivity contribution is 5.06. The summed E-state index contributed by atoms with van der Waals surface area (Å²) in [7, 11) is 1.38. The number of rotatable bonds is 7. The molecule has 1 aromatic rings. The second-order valence-electron chi connectivity index (χ2n) is 6.17. The van der Waals surface area contributed by atoms with Crippen molar-refractivity contribution in [3.8, 4) is 0 Å². The van der Waals surface area contributed by atoms with Crippen LogP contribution >= 0.6 is 0 Å². The van der Waals surface area contributed by atoms with Crippen LogP contribution in [0.5, 0.6) is 0 Å². The summed E-state index contributed by atoms with van der Waals surface area (Å²) in [5, 5.41) is 22.5. The standard InChI is InChI=1S/C16H25N3O6/c1-9(2)4-5-17-6-10-7-19(16(23)18-14(10)22)15-13(24-3)12(21)11(8-20)25-15/h4,7,11-13,15,17,20-21H,5-6,8H2,1-3H3,(H,18,22,23)/t11-,12?,13+,15-/m1/s1. The summed E-state index contributed by atoms with van der Waals surface area (Å²) in [4.78, 5) is 26.4. The van der Waals surface area contributed by atoms with Gasteiger partial charge in [0, 0.05) is 32.0 Å². The number of aromatic nitrogens is 2. The first-order valence-electron chi connectivity index (χ1n) is 8.04. The molecular formula is C16H25N3O6. The van der Waals surface area contributed by atoms with Gasteiger partial charge in [-0.2, -0.15) is 0 Å². The third-order valence-corrected chi connectivity index (χ3v) is 4.05. The second kappa shape index (κ2) is 8.54. The van der Waals surface area contributed by atoms with Crippen molar-refractivity contribution in [1.29, 1.82) is 0 Å². The van der Waals surface area contributed by atoms with Crippen LogP contribution in [0.2, 0.25) is 0 Å². The molecule has 1 saturated heterocycles. The van der Waals surface area contributed by atoms with Crippen LogP contribution in [-0.4, -0.2) is 58.3 Å². The van der Waals surface area contributed by atoms with Crippen molar-refractivity contribution in [2.24, 2.45) is 0 Å². The maximum Gasteiger partial charge on any atom is 0.330 e. The molecule has 0 radical (unpaired) electrons. The molecule has 1 aliphatic heterocycles. The van der Waals surface area contributed by atoms with Gasteiger partial charge in [0.05, 0.1) is 6.61 Å². The van der Waals surface area contributed by atoms with Crippen LogP contribution in [0.1, 0.15) is 25.6 Å². The highest BCUT2D eigenvalue weighted by atomic mass is 16.6. The summed E-state index contributed by atoms with van der Waals surface area (Å²) >= 11 is 0. The molecule has 1 aromatic heterocycles. The molecule has 1 unspecified atom stereocenters. The maximum atomic E-state index is 12.2. The molecule has 2 rings (SSSR count). The van der Waals surface area contributed by atoms with Gasteiger partial charge in [0.2, 0.25) is 0 Å². The average molecular weight is 355 g/mol. The molecule has 140 valence electrons. The van der Waals surface area contributed by atoms with E-state index in [1.807, 2.05) is 19.9 Å². The van der Waals surface area contributed by atoms with Crippen molar-refractivity contribution < 1.29 is 19.7 Å². The fourth-order valence-corrected chi connectivity index (χ4v) is 2.67. The highest BCUT2D eigenvalue weighted by Crippen LogP contribution is 2.30. The number of hydrogen-bond acceptors (Lipinski definition) is 7. The normalized spacial score (nSPS) is 26.0. The van der Waals surface area contributed by atoms with Gasteiger partial charge in [-0.05, 0) is 13.8 Å². The van der Waals surface area contributed by atoms with E-state index in [1.54, 1.807) is 0 Å². The fourth-order valence-electron chi connectivity index (χ4n) is 2.67. The number of aliphatic hydroxyl groups is 2. The van der Waals surface area contributed by atoms with E-state index < -0.39 is 42.4 Å². The van der Waals surface area contributed by atoms with Crippen molar-refractivity contribution in [2.45, 2.75) is 44.9 Å². The molecule has 0 aliphatic carbocycles. The van der Waals surface area contributed by atoms with E-state index in [-0.39, 0.29) is 6.54 Å². The Hall–Kier alpha value is -1.78. The summed E-state index contributed by atoms with van der Waals surface area (Å²) in [5.41, 5.74) is 0.341. The molecule has 4 atom stereocenters. The quantitative estimate of drug-likeness (QED) is 0.360. The van der Waals surface area contributed by atoms with E-state index in [0.29, 0.717) is 12.1 Å². The third-order valence-electron chi connectivity index (χ3n) is 4.05. The SMILES string of the molecule is CO[C@H]1C(O)[C@@H](CO)O[C@H]1n1cc(CNCC=C(C)C)c(=O)[nH]c1=O. The Kier molecular flexibility index (Phi) is 6.68. The van der Waals surface area contributed by atoms with Gasteiger partial charge in [0.15, 0.2) is 6.23 Å². The van der Waals surface area contributed by atoms with E-state index in [2.05, 4.69) is 10.3 Å². The molecule has 9 nitrogen and oxygen atoms in total. The Balaban J connectivity index is 2.26. The largest absolute Gasteiger partial charge is 0.394 e. The lowest BCUT2D eigenvalue weighted by Crippen LogP contribution is -2.40. The van der Waals surface area contributed by atoms with Gasteiger partial charge in [-0.1, -0.05) is 11.6 Å². The summed E-state index contributed by atoms with van der Waals surface area (Å²) in [6, 6.07) is 0. The predicted octanol–water partition coefficient (Wildman–Crippen LogP) is -1.14. The van der Waals surface area contributed by atoms with Crippen molar-refractivity contribution >= 4 is 0 Å². The highest BCUT2D eigenvalue weighted by Gasteiger charge is 2.45. The molecule has 0 saturated carbocycles. The number of aromatic amines is 1. The lowest BCUT2D eigenvalue weighted by atomic mass is 10.1. The number of aliphatic hydroxyl groups excluding tert-OH is 2. The van der Waals surface area contributed by atoms with Crippen LogP contribution in [0.3, 0.4) is 0 Å². The molecule has 0 bridgehead atoms. The minimum absolute atomic E-state index is 0.260. The van der Waals surface area contributed by atoms with Gasteiger partial charge in [-0.25, -0.2) is 4.79 Å². The fraction of sp³-hybridized carbons (Fsp3) is 0.625. The minimum atomic E-state index is -1.09. The number of allylic oxidation sites excluding steroid dienone is 1. The van der Waals surface area contributed by atoms with Crippen molar-refractivity contribution in [3.05, 3.63) is 44.2 Å². The average Bonchev–Trinajstić information content (AvgIpc) is 2.88. The first-order valence-corrected chi connectivity index (χ1v) is 8.04. The lowest BCUT2D eigenvalue weighted by molar-refractivity contribution is -0.0626. The first-order chi connectivity index (χ1) is 11.9. The summed E-state index contributed by atoms with van der Waals surface area (Å²) in [5.74, 6) is 0. The smallest absolute Gasteiger partial charge is 0.330 e. The number of nitrogens with zero attached hydrogens (tertiary/aromatic N) is 1. The van der Waals surface area contributed by atoms with E-state index in [4.69, 9.17) is 9.47 Å². The molecule has 25 heavy (non-hydrogen) atoms. The van der Waals surface area contributed by atoms with Crippen molar-refractivity contribution in [3.63, 3.8) is 0 Å². The van der Waals surface area contributed by atoms with Gasteiger partial charge in [0.25, 0.3) is 5.56 Å². The Morgan fingerprint density at radius 1 is 1.48 bits per heavy atom.